The fraction of sp³-hybridized carbons (Fsp3) is 0.750. The van der Waals surface area contributed by atoms with Crippen molar-refractivity contribution in [2.45, 2.75) is 44.6 Å². The lowest BCUT2D eigenvalue weighted by Crippen LogP contribution is -2.20. The Morgan fingerprint density at radius 3 is 2.89 bits per heavy atom. The SMILES string of the molecule is FC(F)(F)COCCCn1ccnc1CNC1CC1. The second-order valence-corrected chi connectivity index (χ2v) is 4.71. The highest BCUT2D eigenvalue weighted by molar-refractivity contribution is 4.94. The highest BCUT2D eigenvalue weighted by Crippen LogP contribution is 2.19. The number of nitrogens with zero attached hydrogens (tertiary/aromatic N) is 2. The lowest BCUT2D eigenvalue weighted by atomic mass is 10.4. The number of halogens is 3. The Balaban J connectivity index is 1.63. The standard InChI is InChI=1S/C12H18F3N3O/c13-12(14,15)9-19-7-1-5-18-6-4-16-11(18)8-17-10-2-3-10/h4,6,10,17H,1-3,5,7-9H2. The number of hydrogen-bond acceptors (Lipinski definition) is 3. The highest BCUT2D eigenvalue weighted by atomic mass is 19.4. The molecule has 0 aliphatic heterocycles. The molecule has 7 heteroatoms. The van der Waals surface area contributed by atoms with Crippen molar-refractivity contribution in [3.05, 3.63) is 18.2 Å². The second-order valence-electron chi connectivity index (χ2n) is 4.71. The van der Waals surface area contributed by atoms with E-state index in [9.17, 15) is 13.2 Å². The number of alkyl halides is 3. The molecule has 1 aliphatic carbocycles. The van der Waals surface area contributed by atoms with Crippen molar-refractivity contribution in [1.82, 2.24) is 14.9 Å². The van der Waals surface area contributed by atoms with E-state index in [4.69, 9.17) is 0 Å². The third kappa shape index (κ3) is 5.61. The Labute approximate surface area is 110 Å². The van der Waals surface area contributed by atoms with Gasteiger partial charge in [-0.3, -0.25) is 0 Å². The number of aryl methyl sites for hydroxylation is 1. The molecular formula is C12H18F3N3O. The minimum atomic E-state index is -4.24. The van der Waals surface area contributed by atoms with E-state index >= 15 is 0 Å². The number of imidazole rings is 1. The Hall–Kier alpha value is -1.08. The molecule has 0 bridgehead atoms. The van der Waals surface area contributed by atoms with E-state index < -0.39 is 12.8 Å². The van der Waals surface area contributed by atoms with Crippen molar-refractivity contribution in [3.63, 3.8) is 0 Å². The van der Waals surface area contributed by atoms with Crippen molar-refractivity contribution < 1.29 is 17.9 Å². The molecule has 19 heavy (non-hydrogen) atoms. The fourth-order valence-corrected chi connectivity index (χ4v) is 1.76. The van der Waals surface area contributed by atoms with Crippen LogP contribution in [0.2, 0.25) is 0 Å². The molecule has 0 aromatic carbocycles. The van der Waals surface area contributed by atoms with Crippen LogP contribution in [0.5, 0.6) is 0 Å². The normalized spacial score (nSPS) is 15.9. The number of hydrogen-bond donors (Lipinski definition) is 1. The Kier molecular flexibility index (Phi) is 4.81. The zero-order valence-corrected chi connectivity index (χ0v) is 10.6. The molecule has 0 unspecified atom stereocenters. The van der Waals surface area contributed by atoms with Crippen molar-refractivity contribution in [1.29, 1.82) is 0 Å². The molecule has 1 heterocycles. The van der Waals surface area contributed by atoms with Crippen LogP contribution >= 0.6 is 0 Å². The third-order valence-corrected chi connectivity index (χ3v) is 2.88. The van der Waals surface area contributed by atoms with Crippen LogP contribution in [0.4, 0.5) is 13.2 Å². The van der Waals surface area contributed by atoms with Gasteiger partial charge in [0.1, 0.15) is 12.4 Å². The van der Waals surface area contributed by atoms with Gasteiger partial charge in [0.15, 0.2) is 0 Å². The largest absolute Gasteiger partial charge is 0.411 e. The fourth-order valence-electron chi connectivity index (χ4n) is 1.76. The van der Waals surface area contributed by atoms with Gasteiger partial charge in [-0.05, 0) is 19.3 Å². The number of aromatic nitrogens is 2. The molecule has 1 fully saturated rings. The maximum atomic E-state index is 11.9. The topological polar surface area (TPSA) is 39.1 Å². The summed E-state index contributed by atoms with van der Waals surface area (Å²) in [7, 11) is 0. The molecule has 0 spiro atoms. The molecule has 1 N–H and O–H groups in total. The monoisotopic (exact) mass is 277 g/mol. The smallest absolute Gasteiger partial charge is 0.372 e. The molecule has 2 rings (SSSR count). The van der Waals surface area contributed by atoms with Crippen molar-refractivity contribution >= 4 is 0 Å². The summed E-state index contributed by atoms with van der Waals surface area (Å²) in [5, 5.41) is 3.36. The van der Waals surface area contributed by atoms with Crippen LogP contribution in [0.25, 0.3) is 0 Å². The molecule has 4 nitrogen and oxygen atoms in total. The van der Waals surface area contributed by atoms with Crippen molar-refractivity contribution in [2.24, 2.45) is 0 Å². The molecule has 0 radical (unpaired) electrons. The zero-order valence-electron chi connectivity index (χ0n) is 10.6. The van der Waals surface area contributed by atoms with Gasteiger partial charge in [0.25, 0.3) is 0 Å². The van der Waals surface area contributed by atoms with Gasteiger partial charge < -0.3 is 14.6 Å². The molecule has 0 atom stereocenters. The summed E-state index contributed by atoms with van der Waals surface area (Å²) in [6, 6.07) is 0.611. The molecule has 1 saturated carbocycles. The molecule has 1 aromatic heterocycles. The van der Waals surface area contributed by atoms with Crippen molar-refractivity contribution in [3.8, 4) is 0 Å². The summed E-state index contributed by atoms with van der Waals surface area (Å²) in [5.41, 5.74) is 0. The Bertz CT molecular complexity index is 388. The van der Waals surface area contributed by atoms with Crippen LogP contribution in [0, 0.1) is 0 Å². The van der Waals surface area contributed by atoms with Gasteiger partial charge in [-0.2, -0.15) is 13.2 Å². The first-order chi connectivity index (χ1) is 9.04. The average Bonchev–Trinajstić information content (AvgIpc) is 3.05. The van der Waals surface area contributed by atoms with Crippen LogP contribution in [-0.2, 0) is 17.8 Å². The molecule has 0 saturated heterocycles. The summed E-state index contributed by atoms with van der Waals surface area (Å²) in [6.45, 7) is 0.265. The summed E-state index contributed by atoms with van der Waals surface area (Å²) in [4.78, 5) is 4.23. The predicted molar refractivity (Wildman–Crippen MR) is 63.6 cm³/mol. The predicted octanol–water partition coefficient (Wildman–Crippen LogP) is 2.10. The van der Waals surface area contributed by atoms with Crippen LogP contribution < -0.4 is 5.32 Å². The second kappa shape index (κ2) is 6.38. The minimum absolute atomic E-state index is 0.104. The maximum Gasteiger partial charge on any atom is 0.411 e. The molecule has 108 valence electrons. The first kappa shape index (κ1) is 14.3. The van der Waals surface area contributed by atoms with E-state index in [0.717, 1.165) is 5.82 Å². The van der Waals surface area contributed by atoms with Gasteiger partial charge in [-0.25, -0.2) is 4.98 Å². The summed E-state index contributed by atoms with van der Waals surface area (Å²) in [6.07, 6.45) is 2.28. The number of rotatable bonds is 8. The van der Waals surface area contributed by atoms with Gasteiger partial charge in [0, 0.05) is 31.6 Å². The Morgan fingerprint density at radius 2 is 2.21 bits per heavy atom. The zero-order chi connectivity index (χ0) is 13.7. The van der Waals surface area contributed by atoms with Crippen LogP contribution in [0.1, 0.15) is 25.1 Å². The first-order valence-corrected chi connectivity index (χ1v) is 6.42. The first-order valence-electron chi connectivity index (χ1n) is 6.42. The lowest BCUT2D eigenvalue weighted by molar-refractivity contribution is -0.174. The van der Waals surface area contributed by atoms with E-state index in [2.05, 4.69) is 15.0 Å². The quantitative estimate of drug-likeness (QED) is 0.740. The highest BCUT2D eigenvalue weighted by Gasteiger charge is 2.27. The van der Waals surface area contributed by atoms with Crippen LogP contribution in [0.3, 0.4) is 0 Å². The molecule has 1 aliphatic rings. The Morgan fingerprint density at radius 1 is 1.42 bits per heavy atom. The van der Waals surface area contributed by atoms with Crippen LogP contribution in [-0.4, -0.2) is 35.0 Å². The third-order valence-electron chi connectivity index (χ3n) is 2.88. The molecular weight excluding hydrogens is 259 g/mol. The van der Waals surface area contributed by atoms with E-state index in [1.165, 1.54) is 12.8 Å². The maximum absolute atomic E-state index is 11.9. The molecule has 0 amide bonds. The summed E-state index contributed by atoms with van der Waals surface area (Å²) < 4.78 is 42.1. The van der Waals surface area contributed by atoms with Gasteiger partial charge >= 0.3 is 6.18 Å². The van der Waals surface area contributed by atoms with Gasteiger partial charge in [-0.15, -0.1) is 0 Å². The van der Waals surface area contributed by atoms with E-state index in [1.807, 2.05) is 10.8 Å². The van der Waals surface area contributed by atoms with E-state index in [-0.39, 0.29) is 6.61 Å². The number of nitrogens with one attached hydrogen (secondary N) is 1. The minimum Gasteiger partial charge on any atom is -0.372 e. The van der Waals surface area contributed by atoms with Gasteiger partial charge in [-0.1, -0.05) is 0 Å². The molecule has 1 aromatic rings. The summed E-state index contributed by atoms with van der Waals surface area (Å²) >= 11 is 0. The lowest BCUT2D eigenvalue weighted by Gasteiger charge is -2.10. The van der Waals surface area contributed by atoms with E-state index in [0.29, 0.717) is 25.6 Å². The van der Waals surface area contributed by atoms with Gasteiger partial charge in [0.05, 0.1) is 6.54 Å². The van der Waals surface area contributed by atoms with Crippen molar-refractivity contribution in [2.75, 3.05) is 13.2 Å². The number of ether oxygens (including phenoxy) is 1. The summed E-state index contributed by atoms with van der Waals surface area (Å²) in [5.74, 6) is 0.919. The van der Waals surface area contributed by atoms with Crippen LogP contribution in [0.15, 0.2) is 12.4 Å². The van der Waals surface area contributed by atoms with E-state index in [1.54, 1.807) is 6.20 Å². The average molecular weight is 277 g/mol. The van der Waals surface area contributed by atoms with Gasteiger partial charge in [0.2, 0.25) is 0 Å².